The molecule has 0 aliphatic carbocycles. The highest BCUT2D eigenvalue weighted by Gasteiger charge is 2.39. The molecular weight excluding hydrogens is 376 g/mol. The first-order valence-electron chi connectivity index (χ1n) is 9.03. The molecule has 0 fully saturated rings. The number of anilines is 1. The van der Waals surface area contributed by atoms with E-state index in [1.807, 2.05) is 51.1 Å². The van der Waals surface area contributed by atoms with Gasteiger partial charge in [-0.1, -0.05) is 35.9 Å². The molecule has 1 heterocycles. The van der Waals surface area contributed by atoms with Crippen LogP contribution in [-0.2, 0) is 14.3 Å². The van der Waals surface area contributed by atoms with E-state index in [2.05, 4.69) is 5.32 Å². The van der Waals surface area contributed by atoms with Gasteiger partial charge in [-0.2, -0.15) is 0 Å². The second-order valence-corrected chi connectivity index (χ2v) is 7.30. The summed E-state index contributed by atoms with van der Waals surface area (Å²) < 4.78 is 5.06. The Kier molecular flexibility index (Phi) is 5.87. The molecule has 5 nitrogen and oxygen atoms in total. The first-order chi connectivity index (χ1) is 13.3. The number of ether oxygens (including phenoxy) is 1. The number of hydrogen-bond donors (Lipinski definition) is 1. The summed E-state index contributed by atoms with van der Waals surface area (Å²) in [6.45, 7) is 6.37. The Hall–Kier alpha value is -2.63. The normalized spacial score (nSPS) is 14.2. The minimum Gasteiger partial charge on any atom is -0.383 e. The van der Waals surface area contributed by atoms with Crippen LogP contribution in [0.25, 0.3) is 5.57 Å². The van der Waals surface area contributed by atoms with Crippen LogP contribution < -0.4 is 5.32 Å². The predicted molar refractivity (Wildman–Crippen MR) is 111 cm³/mol. The van der Waals surface area contributed by atoms with Crippen molar-refractivity contribution in [2.75, 3.05) is 25.6 Å². The molecule has 0 unspecified atom stereocenters. The third kappa shape index (κ3) is 3.81. The molecule has 2 amide bonds. The molecule has 1 N–H and O–H groups in total. The van der Waals surface area contributed by atoms with Gasteiger partial charge < -0.3 is 10.1 Å². The van der Waals surface area contributed by atoms with E-state index in [1.165, 1.54) is 12.0 Å². The SMILES string of the molecule is COCCN1C(=O)C(Nc2ccc(C)c(Cl)c2)=C(c2ccc(C)c(C)c2)C1=O. The van der Waals surface area contributed by atoms with Gasteiger partial charge in [0.15, 0.2) is 0 Å². The molecule has 0 spiro atoms. The van der Waals surface area contributed by atoms with Gasteiger partial charge >= 0.3 is 0 Å². The first kappa shape index (κ1) is 20.1. The number of nitrogens with one attached hydrogen (secondary N) is 1. The quantitative estimate of drug-likeness (QED) is 0.744. The van der Waals surface area contributed by atoms with E-state index in [4.69, 9.17) is 16.3 Å². The summed E-state index contributed by atoms with van der Waals surface area (Å²) in [7, 11) is 1.54. The largest absolute Gasteiger partial charge is 0.383 e. The van der Waals surface area contributed by atoms with E-state index in [0.29, 0.717) is 21.8 Å². The minimum absolute atomic E-state index is 0.197. The van der Waals surface area contributed by atoms with Crippen LogP contribution in [0.4, 0.5) is 5.69 Å². The van der Waals surface area contributed by atoms with E-state index in [0.717, 1.165) is 16.7 Å². The Bertz CT molecular complexity index is 982. The van der Waals surface area contributed by atoms with E-state index in [9.17, 15) is 9.59 Å². The molecule has 1 aliphatic rings. The van der Waals surface area contributed by atoms with Crippen molar-refractivity contribution in [1.82, 2.24) is 4.90 Å². The van der Waals surface area contributed by atoms with Gasteiger partial charge in [0.2, 0.25) is 0 Å². The van der Waals surface area contributed by atoms with Crippen molar-refractivity contribution in [3.63, 3.8) is 0 Å². The summed E-state index contributed by atoms with van der Waals surface area (Å²) in [5.41, 5.74) is 5.09. The molecule has 6 heteroatoms. The number of rotatable bonds is 6. The summed E-state index contributed by atoms with van der Waals surface area (Å²) in [6.07, 6.45) is 0. The van der Waals surface area contributed by atoms with Crippen molar-refractivity contribution < 1.29 is 14.3 Å². The van der Waals surface area contributed by atoms with Gasteiger partial charge in [-0.05, 0) is 55.2 Å². The number of nitrogens with zero attached hydrogens (tertiary/aromatic N) is 1. The zero-order chi connectivity index (χ0) is 20.4. The predicted octanol–water partition coefficient (Wildman–Crippen LogP) is 4.10. The number of benzene rings is 2. The van der Waals surface area contributed by atoms with E-state index in [-0.39, 0.29) is 30.7 Å². The zero-order valence-corrected chi connectivity index (χ0v) is 17.2. The molecule has 1 aliphatic heterocycles. The average Bonchev–Trinajstić information content (AvgIpc) is 2.89. The lowest BCUT2D eigenvalue weighted by Gasteiger charge is -2.14. The number of halogens is 1. The second-order valence-electron chi connectivity index (χ2n) is 6.89. The molecule has 2 aromatic carbocycles. The summed E-state index contributed by atoms with van der Waals surface area (Å²) >= 11 is 6.22. The first-order valence-corrected chi connectivity index (χ1v) is 9.41. The lowest BCUT2D eigenvalue weighted by molar-refractivity contribution is -0.137. The van der Waals surface area contributed by atoms with E-state index >= 15 is 0 Å². The highest BCUT2D eigenvalue weighted by atomic mass is 35.5. The highest BCUT2D eigenvalue weighted by Crippen LogP contribution is 2.32. The summed E-state index contributed by atoms with van der Waals surface area (Å²) in [5, 5.41) is 3.71. The monoisotopic (exact) mass is 398 g/mol. The number of carbonyl (C=O) groups is 2. The smallest absolute Gasteiger partial charge is 0.278 e. The zero-order valence-electron chi connectivity index (χ0n) is 16.4. The van der Waals surface area contributed by atoms with Crippen molar-refractivity contribution in [2.24, 2.45) is 0 Å². The molecule has 2 aromatic rings. The maximum Gasteiger partial charge on any atom is 0.278 e. The van der Waals surface area contributed by atoms with Gasteiger partial charge in [-0.3, -0.25) is 14.5 Å². The van der Waals surface area contributed by atoms with Gasteiger partial charge in [0.25, 0.3) is 11.8 Å². The maximum absolute atomic E-state index is 13.1. The fourth-order valence-electron chi connectivity index (χ4n) is 3.06. The number of aryl methyl sites for hydroxylation is 3. The van der Waals surface area contributed by atoms with Crippen LogP contribution in [0.5, 0.6) is 0 Å². The third-order valence-corrected chi connectivity index (χ3v) is 5.33. The van der Waals surface area contributed by atoms with Gasteiger partial charge in [-0.15, -0.1) is 0 Å². The van der Waals surface area contributed by atoms with Crippen LogP contribution in [0.2, 0.25) is 5.02 Å². The topological polar surface area (TPSA) is 58.6 Å². The Morgan fingerprint density at radius 1 is 0.964 bits per heavy atom. The van der Waals surface area contributed by atoms with Crippen LogP contribution >= 0.6 is 11.6 Å². The molecule has 0 saturated carbocycles. The number of amides is 2. The van der Waals surface area contributed by atoms with Crippen molar-refractivity contribution >= 4 is 34.7 Å². The Morgan fingerprint density at radius 3 is 2.32 bits per heavy atom. The van der Waals surface area contributed by atoms with Crippen LogP contribution in [0.1, 0.15) is 22.3 Å². The van der Waals surface area contributed by atoms with Crippen LogP contribution in [-0.4, -0.2) is 37.0 Å². The summed E-state index contributed by atoms with van der Waals surface area (Å²) in [5.74, 6) is -0.696. The van der Waals surface area contributed by atoms with Crippen LogP contribution in [0, 0.1) is 20.8 Å². The van der Waals surface area contributed by atoms with Crippen molar-refractivity contribution in [3.05, 3.63) is 69.4 Å². The van der Waals surface area contributed by atoms with Crippen LogP contribution in [0.15, 0.2) is 42.1 Å². The Balaban J connectivity index is 2.07. The highest BCUT2D eigenvalue weighted by molar-refractivity contribution is 6.36. The second kappa shape index (κ2) is 8.17. The molecule has 0 saturated heterocycles. The van der Waals surface area contributed by atoms with Gasteiger partial charge in [0.1, 0.15) is 5.70 Å². The fourth-order valence-corrected chi connectivity index (χ4v) is 3.24. The lowest BCUT2D eigenvalue weighted by Crippen LogP contribution is -2.35. The number of hydrogen-bond acceptors (Lipinski definition) is 4. The van der Waals surface area contributed by atoms with E-state index in [1.54, 1.807) is 6.07 Å². The van der Waals surface area contributed by atoms with Crippen LogP contribution in [0.3, 0.4) is 0 Å². The minimum atomic E-state index is -0.369. The van der Waals surface area contributed by atoms with Gasteiger partial charge in [0, 0.05) is 17.8 Å². The molecule has 0 bridgehead atoms. The number of carbonyl (C=O) groups excluding carboxylic acids is 2. The Labute approximate surface area is 169 Å². The van der Waals surface area contributed by atoms with Gasteiger partial charge in [0.05, 0.1) is 18.7 Å². The van der Waals surface area contributed by atoms with Crippen molar-refractivity contribution in [3.8, 4) is 0 Å². The summed E-state index contributed by atoms with van der Waals surface area (Å²) in [6, 6.07) is 11.2. The average molecular weight is 399 g/mol. The summed E-state index contributed by atoms with van der Waals surface area (Å²) in [4.78, 5) is 27.3. The number of methoxy groups -OCH3 is 1. The van der Waals surface area contributed by atoms with Gasteiger partial charge in [-0.25, -0.2) is 0 Å². The fraction of sp³-hybridized carbons (Fsp3) is 0.273. The van der Waals surface area contributed by atoms with Crippen molar-refractivity contribution in [2.45, 2.75) is 20.8 Å². The maximum atomic E-state index is 13.1. The molecule has 0 radical (unpaired) electrons. The molecular formula is C22H23ClN2O3. The molecule has 0 atom stereocenters. The standard InChI is InChI=1S/C22H23ClN2O3/c1-13-5-7-16(11-15(13)3)19-20(22(27)25(21(19)26)9-10-28-4)24-17-8-6-14(2)18(23)12-17/h5-8,11-12,24H,9-10H2,1-4H3. The van der Waals surface area contributed by atoms with Crippen molar-refractivity contribution in [1.29, 1.82) is 0 Å². The van der Waals surface area contributed by atoms with E-state index < -0.39 is 0 Å². The lowest BCUT2D eigenvalue weighted by atomic mass is 9.99. The Morgan fingerprint density at radius 2 is 1.68 bits per heavy atom. The molecule has 3 rings (SSSR count). The number of imide groups is 1. The molecule has 28 heavy (non-hydrogen) atoms. The molecule has 146 valence electrons. The third-order valence-electron chi connectivity index (χ3n) is 4.92. The molecule has 0 aromatic heterocycles.